The summed E-state index contributed by atoms with van der Waals surface area (Å²) in [4.78, 5) is 6.50. The maximum atomic E-state index is 14.4. The van der Waals surface area contributed by atoms with Crippen LogP contribution in [0.5, 0.6) is 0 Å². The second kappa shape index (κ2) is 5.87. The van der Waals surface area contributed by atoms with Crippen molar-refractivity contribution in [3.63, 3.8) is 0 Å². The Balaban J connectivity index is 1.85. The molecule has 0 amide bonds. The molecule has 24 heavy (non-hydrogen) atoms. The van der Waals surface area contributed by atoms with Crippen molar-refractivity contribution in [3.05, 3.63) is 60.2 Å². The van der Waals surface area contributed by atoms with Crippen LogP contribution >= 0.6 is 0 Å². The van der Waals surface area contributed by atoms with E-state index in [9.17, 15) is 4.39 Å². The van der Waals surface area contributed by atoms with Crippen molar-refractivity contribution in [2.75, 3.05) is 25.5 Å². The van der Waals surface area contributed by atoms with Crippen LogP contribution in [0.4, 0.5) is 10.1 Å². The summed E-state index contributed by atoms with van der Waals surface area (Å²) < 4.78 is 14.4. The monoisotopic (exact) mass is 321 g/mol. The zero-order valence-corrected chi connectivity index (χ0v) is 13.9. The van der Waals surface area contributed by atoms with Crippen LogP contribution in [0.15, 0.2) is 48.8 Å². The molecule has 1 N–H and O–H groups in total. The quantitative estimate of drug-likeness (QED) is 0.788. The van der Waals surface area contributed by atoms with E-state index in [1.54, 1.807) is 12.3 Å². The minimum absolute atomic E-state index is 0.187. The molecular formula is C20H20FN3. The number of anilines is 1. The number of aromatic nitrogens is 1. The summed E-state index contributed by atoms with van der Waals surface area (Å²) in [6.45, 7) is 3.99. The number of aryl methyl sites for hydroxylation is 1. The largest absolute Gasteiger partial charge is 0.379 e. The highest BCUT2D eigenvalue weighted by Crippen LogP contribution is 2.34. The first kappa shape index (κ1) is 15.1. The molecule has 2 heterocycles. The average Bonchev–Trinajstić information content (AvgIpc) is 2.53. The highest BCUT2D eigenvalue weighted by atomic mass is 19.1. The van der Waals surface area contributed by atoms with E-state index in [-0.39, 0.29) is 5.82 Å². The number of likely N-dealkylation sites (tertiary alicyclic amines) is 1. The van der Waals surface area contributed by atoms with Gasteiger partial charge in [0.2, 0.25) is 0 Å². The molecular weight excluding hydrogens is 301 g/mol. The Morgan fingerprint density at radius 2 is 2.04 bits per heavy atom. The van der Waals surface area contributed by atoms with Crippen molar-refractivity contribution in [2.45, 2.75) is 13.0 Å². The van der Waals surface area contributed by atoms with Crippen LogP contribution in [0.25, 0.3) is 21.9 Å². The number of rotatable bonds is 3. The van der Waals surface area contributed by atoms with Crippen molar-refractivity contribution >= 4 is 16.5 Å². The van der Waals surface area contributed by atoms with E-state index < -0.39 is 0 Å². The second-order valence-corrected chi connectivity index (χ2v) is 6.61. The van der Waals surface area contributed by atoms with Crippen LogP contribution in [-0.2, 0) is 0 Å². The first-order valence-electron chi connectivity index (χ1n) is 8.20. The molecule has 0 aliphatic carbocycles. The Kier molecular flexibility index (Phi) is 3.69. The molecule has 2 aromatic carbocycles. The summed E-state index contributed by atoms with van der Waals surface area (Å²) in [5.41, 5.74) is 3.54. The standard InChI is InChI=1S/C20H20FN3/c1-13-4-3-5-18(21)20(13)14-8-15-10-22-7-6-17(15)19(9-14)23-16-11-24(2)12-16/h3-10,16,23H,11-12H2,1-2H3. The summed E-state index contributed by atoms with van der Waals surface area (Å²) in [5.74, 6) is -0.187. The van der Waals surface area contributed by atoms with Crippen molar-refractivity contribution < 1.29 is 4.39 Å². The van der Waals surface area contributed by atoms with Gasteiger partial charge in [0.15, 0.2) is 0 Å². The minimum Gasteiger partial charge on any atom is -0.379 e. The number of nitrogens with zero attached hydrogens (tertiary/aromatic N) is 2. The molecule has 0 bridgehead atoms. The lowest BCUT2D eigenvalue weighted by Crippen LogP contribution is -2.52. The fourth-order valence-corrected chi connectivity index (χ4v) is 3.48. The highest BCUT2D eigenvalue weighted by molar-refractivity contribution is 5.97. The Morgan fingerprint density at radius 1 is 1.21 bits per heavy atom. The molecule has 3 aromatic rings. The van der Waals surface area contributed by atoms with E-state index in [0.29, 0.717) is 11.6 Å². The van der Waals surface area contributed by atoms with Crippen molar-refractivity contribution in [3.8, 4) is 11.1 Å². The molecule has 0 unspecified atom stereocenters. The number of fused-ring (bicyclic) bond motifs is 1. The zero-order valence-electron chi connectivity index (χ0n) is 13.9. The van der Waals surface area contributed by atoms with E-state index in [0.717, 1.165) is 40.7 Å². The summed E-state index contributed by atoms with van der Waals surface area (Å²) in [5, 5.41) is 5.75. The molecule has 0 radical (unpaired) electrons. The van der Waals surface area contributed by atoms with E-state index in [1.165, 1.54) is 6.07 Å². The van der Waals surface area contributed by atoms with Gasteiger partial charge >= 0.3 is 0 Å². The number of hydrogen-bond acceptors (Lipinski definition) is 3. The first-order valence-corrected chi connectivity index (χ1v) is 8.20. The summed E-state index contributed by atoms with van der Waals surface area (Å²) in [6.07, 6.45) is 3.64. The number of benzene rings is 2. The van der Waals surface area contributed by atoms with Gasteiger partial charge in [-0.2, -0.15) is 0 Å². The normalized spacial score (nSPS) is 15.5. The Morgan fingerprint density at radius 3 is 2.79 bits per heavy atom. The van der Waals surface area contributed by atoms with Crippen molar-refractivity contribution in [1.29, 1.82) is 0 Å². The lowest BCUT2D eigenvalue weighted by Gasteiger charge is -2.37. The summed E-state index contributed by atoms with van der Waals surface area (Å²) in [7, 11) is 2.11. The third-order valence-corrected chi connectivity index (χ3v) is 4.69. The molecule has 4 heteroatoms. The second-order valence-electron chi connectivity index (χ2n) is 6.61. The lowest BCUT2D eigenvalue weighted by atomic mass is 9.96. The van der Waals surface area contributed by atoms with Crippen LogP contribution < -0.4 is 5.32 Å². The number of halogens is 1. The third-order valence-electron chi connectivity index (χ3n) is 4.69. The maximum absolute atomic E-state index is 14.4. The van der Waals surface area contributed by atoms with Crippen LogP contribution in [0, 0.1) is 12.7 Å². The van der Waals surface area contributed by atoms with E-state index in [4.69, 9.17) is 0 Å². The molecule has 3 nitrogen and oxygen atoms in total. The molecule has 0 spiro atoms. The predicted molar refractivity (Wildman–Crippen MR) is 96.8 cm³/mol. The first-order chi connectivity index (χ1) is 11.6. The van der Waals surface area contributed by atoms with Gasteiger partial charge in [0, 0.05) is 47.5 Å². The van der Waals surface area contributed by atoms with Gasteiger partial charge < -0.3 is 10.2 Å². The predicted octanol–water partition coefficient (Wildman–Crippen LogP) is 4.08. The fraction of sp³-hybridized carbons (Fsp3) is 0.250. The van der Waals surface area contributed by atoms with Crippen molar-refractivity contribution in [2.24, 2.45) is 0 Å². The molecule has 1 aliphatic heterocycles. The molecule has 4 rings (SSSR count). The average molecular weight is 321 g/mol. The lowest BCUT2D eigenvalue weighted by molar-refractivity contribution is 0.205. The van der Waals surface area contributed by atoms with Gasteiger partial charge in [0.1, 0.15) is 5.82 Å². The number of hydrogen-bond donors (Lipinski definition) is 1. The molecule has 0 saturated carbocycles. The van der Waals surface area contributed by atoms with Gasteiger partial charge in [-0.3, -0.25) is 4.98 Å². The maximum Gasteiger partial charge on any atom is 0.131 e. The SMILES string of the molecule is Cc1cccc(F)c1-c1cc(NC2CN(C)C2)c2ccncc2c1. The number of likely N-dealkylation sites (N-methyl/N-ethyl adjacent to an activating group) is 1. The smallest absolute Gasteiger partial charge is 0.131 e. The molecule has 1 aliphatic rings. The molecule has 122 valence electrons. The van der Waals surface area contributed by atoms with Crippen LogP contribution in [0.3, 0.4) is 0 Å². The van der Waals surface area contributed by atoms with Crippen LogP contribution in [0.2, 0.25) is 0 Å². The molecule has 1 saturated heterocycles. The van der Waals surface area contributed by atoms with Gasteiger partial charge in [0.25, 0.3) is 0 Å². The van der Waals surface area contributed by atoms with Gasteiger partial charge in [0.05, 0.1) is 6.04 Å². The van der Waals surface area contributed by atoms with Gasteiger partial charge in [-0.25, -0.2) is 4.39 Å². The van der Waals surface area contributed by atoms with Crippen LogP contribution in [0.1, 0.15) is 5.56 Å². The third kappa shape index (κ3) is 2.63. The summed E-state index contributed by atoms with van der Waals surface area (Å²) in [6, 6.07) is 11.7. The number of pyridine rings is 1. The van der Waals surface area contributed by atoms with Gasteiger partial charge in [-0.1, -0.05) is 12.1 Å². The summed E-state index contributed by atoms with van der Waals surface area (Å²) >= 11 is 0. The molecule has 0 atom stereocenters. The van der Waals surface area contributed by atoms with E-state index in [1.807, 2.05) is 31.3 Å². The molecule has 1 fully saturated rings. The number of nitrogens with one attached hydrogen (secondary N) is 1. The van der Waals surface area contributed by atoms with Crippen LogP contribution in [-0.4, -0.2) is 36.1 Å². The topological polar surface area (TPSA) is 28.2 Å². The van der Waals surface area contributed by atoms with Crippen molar-refractivity contribution in [1.82, 2.24) is 9.88 Å². The Bertz CT molecular complexity index is 880. The Hall–Kier alpha value is -2.46. The van der Waals surface area contributed by atoms with Gasteiger partial charge in [-0.05, 0) is 49.4 Å². The molecule has 1 aromatic heterocycles. The zero-order chi connectivity index (χ0) is 16.7. The van der Waals surface area contributed by atoms with E-state index in [2.05, 4.69) is 28.3 Å². The highest BCUT2D eigenvalue weighted by Gasteiger charge is 2.23. The van der Waals surface area contributed by atoms with E-state index >= 15 is 0 Å². The fourth-order valence-electron chi connectivity index (χ4n) is 3.48. The minimum atomic E-state index is -0.187. The van der Waals surface area contributed by atoms with Gasteiger partial charge in [-0.15, -0.1) is 0 Å². The Labute approximate surface area is 141 Å².